The van der Waals surface area contributed by atoms with E-state index in [0.717, 1.165) is 0 Å². The van der Waals surface area contributed by atoms with E-state index in [2.05, 4.69) is 5.32 Å². The fourth-order valence-electron chi connectivity index (χ4n) is 1.63. The standard InChI is InChI=1S/C12H8Cl3N3O2/c13-6-4-8(15)11(5-7(6)14)17-10-3-1-2-9(16)12(10)18(19)20/h1-5,17H,16H2. The summed E-state index contributed by atoms with van der Waals surface area (Å²) in [5.41, 5.74) is 6.05. The maximum Gasteiger partial charge on any atom is 0.315 e. The summed E-state index contributed by atoms with van der Waals surface area (Å²) in [6, 6.07) is 7.49. The van der Waals surface area contributed by atoms with Crippen molar-refractivity contribution in [2.24, 2.45) is 0 Å². The first kappa shape index (κ1) is 14.7. The molecule has 2 rings (SSSR count). The molecule has 0 aliphatic rings. The third-order valence-corrected chi connectivity index (χ3v) is 3.56. The first-order valence-corrected chi connectivity index (χ1v) is 6.48. The number of nitrogens with one attached hydrogen (secondary N) is 1. The zero-order valence-corrected chi connectivity index (χ0v) is 12.1. The second kappa shape index (κ2) is 5.75. The predicted octanol–water partition coefficient (Wildman–Crippen LogP) is 4.88. The average molecular weight is 333 g/mol. The Hall–Kier alpha value is -1.69. The van der Waals surface area contributed by atoms with Crippen molar-refractivity contribution in [3.05, 3.63) is 55.5 Å². The Morgan fingerprint density at radius 1 is 1.05 bits per heavy atom. The number of hydrogen-bond acceptors (Lipinski definition) is 4. The molecule has 20 heavy (non-hydrogen) atoms. The van der Waals surface area contributed by atoms with Crippen molar-refractivity contribution in [2.75, 3.05) is 11.1 Å². The summed E-state index contributed by atoms with van der Waals surface area (Å²) in [5.74, 6) is 0. The van der Waals surface area contributed by atoms with E-state index in [4.69, 9.17) is 40.5 Å². The fraction of sp³-hybridized carbons (Fsp3) is 0. The van der Waals surface area contributed by atoms with Gasteiger partial charge in [-0.3, -0.25) is 10.1 Å². The van der Waals surface area contributed by atoms with E-state index in [1.807, 2.05) is 0 Å². The first-order valence-electron chi connectivity index (χ1n) is 5.34. The zero-order valence-electron chi connectivity index (χ0n) is 9.86. The van der Waals surface area contributed by atoms with Gasteiger partial charge in [0.25, 0.3) is 0 Å². The molecule has 0 aromatic heterocycles. The molecule has 5 nitrogen and oxygen atoms in total. The van der Waals surface area contributed by atoms with Crippen LogP contribution in [-0.2, 0) is 0 Å². The van der Waals surface area contributed by atoms with E-state index in [0.29, 0.717) is 10.7 Å². The van der Waals surface area contributed by atoms with Crippen molar-refractivity contribution in [3.8, 4) is 0 Å². The quantitative estimate of drug-likeness (QED) is 0.363. The van der Waals surface area contributed by atoms with Crippen molar-refractivity contribution >= 4 is 57.6 Å². The molecule has 0 amide bonds. The van der Waals surface area contributed by atoms with Crippen LogP contribution in [0.25, 0.3) is 0 Å². The lowest BCUT2D eigenvalue weighted by molar-refractivity contribution is -0.383. The largest absolute Gasteiger partial charge is 0.393 e. The zero-order chi connectivity index (χ0) is 14.9. The average Bonchev–Trinajstić information content (AvgIpc) is 2.35. The van der Waals surface area contributed by atoms with Gasteiger partial charge in [-0.1, -0.05) is 40.9 Å². The van der Waals surface area contributed by atoms with E-state index in [9.17, 15) is 10.1 Å². The molecule has 0 aliphatic carbocycles. The number of hydrogen-bond donors (Lipinski definition) is 2. The number of para-hydroxylation sites is 1. The molecule has 0 fully saturated rings. The number of nitrogens with zero attached hydrogens (tertiary/aromatic N) is 1. The number of nitrogens with two attached hydrogens (primary N) is 1. The van der Waals surface area contributed by atoms with Gasteiger partial charge >= 0.3 is 5.69 Å². The van der Waals surface area contributed by atoms with Crippen LogP contribution in [0.4, 0.5) is 22.7 Å². The lowest BCUT2D eigenvalue weighted by atomic mass is 10.2. The number of nitrogen functional groups attached to an aromatic ring is 1. The summed E-state index contributed by atoms with van der Waals surface area (Å²) in [5, 5.41) is 14.7. The highest BCUT2D eigenvalue weighted by Crippen LogP contribution is 2.37. The summed E-state index contributed by atoms with van der Waals surface area (Å²) >= 11 is 17.7. The van der Waals surface area contributed by atoms with E-state index < -0.39 is 4.92 Å². The summed E-state index contributed by atoms with van der Waals surface area (Å²) < 4.78 is 0. The van der Waals surface area contributed by atoms with Crippen LogP contribution in [0.3, 0.4) is 0 Å². The van der Waals surface area contributed by atoms with E-state index in [1.54, 1.807) is 6.07 Å². The molecule has 0 saturated carbocycles. The summed E-state index contributed by atoms with van der Waals surface area (Å²) in [4.78, 5) is 10.5. The van der Waals surface area contributed by atoms with Gasteiger partial charge in [0.15, 0.2) is 0 Å². The highest BCUT2D eigenvalue weighted by atomic mass is 35.5. The van der Waals surface area contributed by atoms with Crippen molar-refractivity contribution < 1.29 is 4.92 Å². The molecule has 0 aliphatic heterocycles. The molecule has 2 aromatic carbocycles. The van der Waals surface area contributed by atoms with Crippen LogP contribution in [0.1, 0.15) is 0 Å². The monoisotopic (exact) mass is 331 g/mol. The molecular formula is C12H8Cl3N3O2. The highest BCUT2D eigenvalue weighted by Gasteiger charge is 2.18. The molecule has 0 radical (unpaired) electrons. The molecule has 0 spiro atoms. The van der Waals surface area contributed by atoms with Crippen LogP contribution < -0.4 is 11.1 Å². The molecule has 0 saturated heterocycles. The van der Waals surface area contributed by atoms with Gasteiger partial charge in [0, 0.05) is 0 Å². The van der Waals surface area contributed by atoms with Gasteiger partial charge in [0.1, 0.15) is 11.4 Å². The minimum atomic E-state index is -0.566. The summed E-state index contributed by atoms with van der Waals surface area (Å²) in [6.45, 7) is 0. The van der Waals surface area contributed by atoms with Gasteiger partial charge < -0.3 is 11.1 Å². The Morgan fingerprint density at radius 2 is 1.70 bits per heavy atom. The van der Waals surface area contributed by atoms with E-state index in [-0.39, 0.29) is 27.1 Å². The number of nitro benzene ring substituents is 1. The van der Waals surface area contributed by atoms with Crippen molar-refractivity contribution in [1.29, 1.82) is 0 Å². The van der Waals surface area contributed by atoms with Crippen LogP contribution in [0, 0.1) is 10.1 Å². The maximum atomic E-state index is 11.0. The number of halogens is 3. The number of benzene rings is 2. The van der Waals surface area contributed by atoms with Crippen LogP contribution in [0.2, 0.25) is 15.1 Å². The molecule has 0 bridgehead atoms. The molecule has 0 atom stereocenters. The highest BCUT2D eigenvalue weighted by molar-refractivity contribution is 6.44. The predicted molar refractivity (Wildman–Crippen MR) is 82.3 cm³/mol. The van der Waals surface area contributed by atoms with Crippen LogP contribution in [-0.4, -0.2) is 4.92 Å². The van der Waals surface area contributed by atoms with Gasteiger partial charge in [-0.15, -0.1) is 0 Å². The van der Waals surface area contributed by atoms with Gasteiger partial charge in [0.2, 0.25) is 0 Å². The minimum Gasteiger partial charge on any atom is -0.393 e. The SMILES string of the molecule is Nc1cccc(Nc2cc(Cl)c(Cl)cc2Cl)c1[N+](=O)[O-]. The second-order valence-corrected chi connectivity index (χ2v) is 5.09. The topological polar surface area (TPSA) is 81.2 Å². The van der Waals surface area contributed by atoms with E-state index in [1.165, 1.54) is 24.3 Å². The molecule has 8 heteroatoms. The third kappa shape index (κ3) is 2.90. The van der Waals surface area contributed by atoms with Gasteiger partial charge in [-0.25, -0.2) is 0 Å². The van der Waals surface area contributed by atoms with E-state index >= 15 is 0 Å². The van der Waals surface area contributed by atoms with Crippen LogP contribution in [0.15, 0.2) is 30.3 Å². The lowest BCUT2D eigenvalue weighted by Crippen LogP contribution is -2.01. The van der Waals surface area contributed by atoms with Crippen molar-refractivity contribution in [1.82, 2.24) is 0 Å². The molecule has 0 heterocycles. The molecular weight excluding hydrogens is 325 g/mol. The van der Waals surface area contributed by atoms with Crippen molar-refractivity contribution in [3.63, 3.8) is 0 Å². The second-order valence-electron chi connectivity index (χ2n) is 3.87. The summed E-state index contributed by atoms with van der Waals surface area (Å²) in [7, 11) is 0. The Balaban J connectivity index is 2.48. The Bertz CT molecular complexity index is 692. The van der Waals surface area contributed by atoms with Gasteiger partial charge in [0.05, 0.1) is 25.7 Å². The molecule has 0 unspecified atom stereocenters. The minimum absolute atomic E-state index is 0.0520. The van der Waals surface area contributed by atoms with Gasteiger partial charge in [-0.05, 0) is 24.3 Å². The Morgan fingerprint density at radius 3 is 2.35 bits per heavy atom. The Kier molecular flexibility index (Phi) is 4.23. The normalized spacial score (nSPS) is 10.3. The van der Waals surface area contributed by atoms with Crippen LogP contribution >= 0.6 is 34.8 Å². The fourth-order valence-corrected chi connectivity index (χ4v) is 2.22. The molecule has 104 valence electrons. The molecule has 2 aromatic rings. The third-order valence-electron chi connectivity index (χ3n) is 2.53. The Labute approximate surface area is 129 Å². The smallest absolute Gasteiger partial charge is 0.315 e. The van der Waals surface area contributed by atoms with Gasteiger partial charge in [-0.2, -0.15) is 0 Å². The van der Waals surface area contributed by atoms with Crippen LogP contribution in [0.5, 0.6) is 0 Å². The number of nitro groups is 1. The summed E-state index contributed by atoms with van der Waals surface area (Å²) in [6.07, 6.45) is 0. The molecule has 3 N–H and O–H groups in total. The first-order chi connectivity index (χ1) is 9.40. The maximum absolute atomic E-state index is 11.0. The lowest BCUT2D eigenvalue weighted by Gasteiger charge is -2.11. The number of rotatable bonds is 3. The number of anilines is 3. The van der Waals surface area contributed by atoms with Crippen molar-refractivity contribution in [2.45, 2.75) is 0 Å².